The maximum absolute atomic E-state index is 11.3. The smallest absolute Gasteiger partial charge is 0.338 e. The van der Waals surface area contributed by atoms with Gasteiger partial charge in [-0.2, -0.15) is 4.99 Å². The number of pyridine rings is 1. The van der Waals surface area contributed by atoms with E-state index in [0.29, 0.717) is 16.0 Å². The molecule has 0 unspecified atom stereocenters. The van der Waals surface area contributed by atoms with Gasteiger partial charge in [0.05, 0.1) is 23.4 Å². The van der Waals surface area contributed by atoms with Gasteiger partial charge in [0.1, 0.15) is 4.88 Å². The molecule has 0 amide bonds. The predicted molar refractivity (Wildman–Crippen MR) is 83.1 cm³/mol. The number of thiophene rings is 1. The Morgan fingerprint density at radius 3 is 2.70 bits per heavy atom. The van der Waals surface area contributed by atoms with Gasteiger partial charge in [-0.3, -0.25) is 0 Å². The van der Waals surface area contributed by atoms with Crippen molar-refractivity contribution < 1.29 is 9.90 Å². The summed E-state index contributed by atoms with van der Waals surface area (Å²) in [5.74, 6) is 0.474. The minimum Gasteiger partial charge on any atom is -0.478 e. The molecule has 1 N–H and O–H groups in total. The van der Waals surface area contributed by atoms with E-state index in [2.05, 4.69) is 25.9 Å². The number of aromatic nitrogens is 1. The standard InChI is InChI=1S/C13H10BrN3O2S/c1-17(2)11(8-3-4-9(14)20-8)16-10-7(13(18)19)5-6-15-12(10)17/h3-6H,1-2H3/p+1. The number of aromatic carboxylic acids is 1. The lowest BCUT2D eigenvalue weighted by molar-refractivity contribution is 0.0698. The molecule has 1 aliphatic heterocycles. The van der Waals surface area contributed by atoms with E-state index in [9.17, 15) is 9.90 Å². The largest absolute Gasteiger partial charge is 0.478 e. The summed E-state index contributed by atoms with van der Waals surface area (Å²) in [6, 6.07) is 5.41. The lowest BCUT2D eigenvalue weighted by Crippen LogP contribution is -2.45. The van der Waals surface area contributed by atoms with Crippen LogP contribution in [-0.2, 0) is 0 Å². The molecule has 0 saturated heterocycles. The van der Waals surface area contributed by atoms with Crippen LogP contribution in [0.5, 0.6) is 0 Å². The third-order valence-electron chi connectivity index (χ3n) is 3.21. The zero-order valence-corrected chi connectivity index (χ0v) is 13.2. The van der Waals surface area contributed by atoms with E-state index < -0.39 is 5.97 Å². The van der Waals surface area contributed by atoms with E-state index in [1.807, 2.05) is 26.2 Å². The SMILES string of the molecule is C[N+]1(C)C(c2ccc(Br)s2)=Nc2c(C(=O)O)ccnc21. The van der Waals surface area contributed by atoms with E-state index in [1.165, 1.54) is 12.3 Å². The van der Waals surface area contributed by atoms with Crippen molar-refractivity contribution in [3.63, 3.8) is 0 Å². The molecule has 2 aromatic heterocycles. The summed E-state index contributed by atoms with van der Waals surface area (Å²) < 4.78 is 1.35. The molecule has 0 fully saturated rings. The van der Waals surface area contributed by atoms with Crippen molar-refractivity contribution in [2.24, 2.45) is 4.99 Å². The summed E-state index contributed by atoms with van der Waals surface area (Å²) in [5.41, 5.74) is 0.636. The summed E-state index contributed by atoms with van der Waals surface area (Å²) >= 11 is 5.00. The van der Waals surface area contributed by atoms with Crippen LogP contribution in [0.2, 0.25) is 0 Å². The Morgan fingerprint density at radius 1 is 1.35 bits per heavy atom. The van der Waals surface area contributed by atoms with Crippen LogP contribution in [0, 0.1) is 0 Å². The number of aliphatic imine (C=N–C) groups is 1. The molecule has 0 spiro atoms. The Kier molecular flexibility index (Phi) is 3.00. The highest BCUT2D eigenvalue weighted by molar-refractivity contribution is 9.11. The van der Waals surface area contributed by atoms with Crippen LogP contribution in [0.4, 0.5) is 11.5 Å². The first-order chi connectivity index (χ1) is 9.41. The molecular weight excluding hydrogens is 342 g/mol. The zero-order valence-electron chi connectivity index (χ0n) is 10.8. The van der Waals surface area contributed by atoms with Crippen molar-refractivity contribution in [3.05, 3.63) is 38.6 Å². The number of carbonyl (C=O) groups is 1. The normalized spacial score (nSPS) is 15.8. The van der Waals surface area contributed by atoms with Gasteiger partial charge in [-0.15, -0.1) is 11.3 Å². The van der Waals surface area contributed by atoms with Crippen molar-refractivity contribution in [1.82, 2.24) is 9.47 Å². The number of carboxylic acid groups (broad SMARTS) is 1. The summed E-state index contributed by atoms with van der Waals surface area (Å²) in [6.07, 6.45) is 1.52. The zero-order chi connectivity index (χ0) is 14.5. The molecule has 0 atom stereocenters. The average Bonchev–Trinajstić information content (AvgIpc) is 2.91. The summed E-state index contributed by atoms with van der Waals surface area (Å²) in [7, 11) is 3.91. The second-order valence-corrected chi connectivity index (χ2v) is 7.29. The van der Waals surface area contributed by atoms with Crippen LogP contribution in [-0.4, -0.2) is 36.0 Å². The van der Waals surface area contributed by atoms with E-state index in [1.54, 1.807) is 11.3 Å². The topological polar surface area (TPSA) is 62.5 Å². The number of rotatable bonds is 2. The van der Waals surface area contributed by atoms with Crippen molar-refractivity contribution in [1.29, 1.82) is 0 Å². The summed E-state index contributed by atoms with van der Waals surface area (Å²) in [6.45, 7) is 0. The quantitative estimate of drug-likeness (QED) is 0.843. The van der Waals surface area contributed by atoms with Crippen molar-refractivity contribution >= 4 is 50.6 Å². The van der Waals surface area contributed by atoms with Crippen molar-refractivity contribution in [3.8, 4) is 0 Å². The molecule has 0 radical (unpaired) electrons. The molecule has 5 nitrogen and oxygen atoms in total. The second kappa shape index (κ2) is 4.47. The lowest BCUT2D eigenvalue weighted by Gasteiger charge is -2.23. The van der Waals surface area contributed by atoms with Gasteiger partial charge in [0.2, 0.25) is 0 Å². The highest BCUT2D eigenvalue weighted by Crippen LogP contribution is 2.41. The first-order valence-electron chi connectivity index (χ1n) is 5.83. The maximum atomic E-state index is 11.3. The van der Waals surface area contributed by atoms with Gasteiger partial charge in [0, 0.05) is 6.20 Å². The Balaban J connectivity index is 2.22. The fraction of sp³-hybridized carbons (Fsp3) is 0.154. The molecule has 20 heavy (non-hydrogen) atoms. The fourth-order valence-corrected chi connectivity index (χ4v) is 3.73. The number of nitrogens with zero attached hydrogens (tertiary/aromatic N) is 3. The second-order valence-electron chi connectivity index (χ2n) is 4.83. The van der Waals surface area contributed by atoms with Crippen LogP contribution >= 0.6 is 27.3 Å². The third-order valence-corrected chi connectivity index (χ3v) is 4.83. The van der Waals surface area contributed by atoms with E-state index in [-0.39, 0.29) is 5.56 Å². The van der Waals surface area contributed by atoms with Crippen LogP contribution in [0.1, 0.15) is 15.2 Å². The monoisotopic (exact) mass is 352 g/mol. The molecule has 3 heterocycles. The Labute approximate surface area is 127 Å². The van der Waals surface area contributed by atoms with Crippen molar-refractivity contribution in [2.45, 2.75) is 0 Å². The third kappa shape index (κ3) is 1.90. The van der Waals surface area contributed by atoms with Crippen LogP contribution in [0.3, 0.4) is 0 Å². The lowest BCUT2D eigenvalue weighted by atomic mass is 10.2. The van der Waals surface area contributed by atoms with Crippen LogP contribution < -0.4 is 4.48 Å². The summed E-state index contributed by atoms with van der Waals surface area (Å²) in [5, 5.41) is 9.27. The van der Waals surface area contributed by atoms with Gasteiger partial charge in [-0.05, 0) is 34.1 Å². The number of halogens is 1. The first-order valence-corrected chi connectivity index (χ1v) is 7.44. The Bertz CT molecular complexity index is 752. The van der Waals surface area contributed by atoms with E-state index in [4.69, 9.17) is 0 Å². The maximum Gasteiger partial charge on any atom is 0.338 e. The first kappa shape index (κ1) is 13.4. The van der Waals surface area contributed by atoms with Crippen molar-refractivity contribution in [2.75, 3.05) is 14.1 Å². The number of hydrogen-bond acceptors (Lipinski definition) is 4. The molecule has 3 rings (SSSR count). The van der Waals surface area contributed by atoms with Crippen LogP contribution in [0.25, 0.3) is 0 Å². The van der Waals surface area contributed by atoms with Gasteiger partial charge >= 0.3 is 5.97 Å². The van der Waals surface area contributed by atoms with Gasteiger partial charge in [0.25, 0.3) is 11.7 Å². The molecule has 1 aliphatic rings. The number of fused-ring (bicyclic) bond motifs is 1. The minimum absolute atomic E-state index is 0.187. The van der Waals surface area contributed by atoms with Gasteiger partial charge in [0.15, 0.2) is 5.69 Å². The number of amidine groups is 1. The fourth-order valence-electron chi connectivity index (χ4n) is 2.23. The average molecular weight is 353 g/mol. The Hall–Kier alpha value is -1.57. The molecular formula is C13H11BrN3O2S+. The number of hydrogen-bond donors (Lipinski definition) is 1. The van der Waals surface area contributed by atoms with Gasteiger partial charge in [-0.1, -0.05) is 0 Å². The number of quaternary nitrogens is 1. The molecule has 0 aliphatic carbocycles. The molecule has 7 heteroatoms. The molecule has 0 aromatic carbocycles. The highest BCUT2D eigenvalue weighted by atomic mass is 79.9. The molecule has 102 valence electrons. The van der Waals surface area contributed by atoms with Crippen LogP contribution in [0.15, 0.2) is 33.2 Å². The highest BCUT2D eigenvalue weighted by Gasteiger charge is 2.41. The summed E-state index contributed by atoms with van der Waals surface area (Å²) in [4.78, 5) is 21.2. The van der Waals surface area contributed by atoms with Gasteiger partial charge in [-0.25, -0.2) is 14.3 Å². The number of carboxylic acids is 1. The molecule has 0 saturated carbocycles. The molecule has 0 bridgehead atoms. The Morgan fingerprint density at radius 2 is 2.10 bits per heavy atom. The van der Waals surface area contributed by atoms with Gasteiger partial charge < -0.3 is 5.11 Å². The van der Waals surface area contributed by atoms with E-state index >= 15 is 0 Å². The van der Waals surface area contributed by atoms with E-state index in [0.717, 1.165) is 14.5 Å². The molecule has 2 aromatic rings. The predicted octanol–water partition coefficient (Wildman–Crippen LogP) is 3.26. The minimum atomic E-state index is -0.985.